The van der Waals surface area contributed by atoms with E-state index in [2.05, 4.69) is 44.4 Å². The van der Waals surface area contributed by atoms with Crippen LogP contribution in [0.25, 0.3) is 0 Å². The van der Waals surface area contributed by atoms with Gasteiger partial charge >= 0.3 is 0 Å². The van der Waals surface area contributed by atoms with Gasteiger partial charge in [-0.3, -0.25) is 9.58 Å². The lowest BCUT2D eigenvalue weighted by molar-refractivity contribution is 0.0799. The van der Waals surface area contributed by atoms with Gasteiger partial charge in [-0.05, 0) is 31.7 Å². The highest BCUT2D eigenvalue weighted by Crippen LogP contribution is 2.35. The Labute approximate surface area is 154 Å². The van der Waals surface area contributed by atoms with Crippen molar-refractivity contribution in [3.05, 3.63) is 35.0 Å². The van der Waals surface area contributed by atoms with Crippen LogP contribution in [0.1, 0.15) is 22.6 Å². The summed E-state index contributed by atoms with van der Waals surface area (Å²) in [6.45, 7) is 12.0. The maximum absolute atomic E-state index is 5.52. The van der Waals surface area contributed by atoms with Crippen molar-refractivity contribution in [1.29, 1.82) is 0 Å². The summed E-state index contributed by atoms with van der Waals surface area (Å²) in [5.74, 6) is 2.58. The first kappa shape index (κ1) is 16.2. The van der Waals surface area contributed by atoms with Crippen LogP contribution in [0.5, 0.6) is 0 Å². The fourth-order valence-electron chi connectivity index (χ4n) is 4.70. The molecule has 2 fully saturated rings. The quantitative estimate of drug-likeness (QED) is 0.830. The lowest BCUT2D eigenvalue weighted by Gasteiger charge is -2.23. The van der Waals surface area contributed by atoms with Gasteiger partial charge in [-0.2, -0.15) is 5.10 Å². The van der Waals surface area contributed by atoms with Crippen LogP contribution in [0.4, 0.5) is 5.82 Å². The molecule has 5 heterocycles. The highest BCUT2D eigenvalue weighted by Gasteiger charge is 2.40. The van der Waals surface area contributed by atoms with Gasteiger partial charge in [-0.15, -0.1) is 0 Å². The summed E-state index contributed by atoms with van der Waals surface area (Å²) in [6.07, 6.45) is 1.70. The minimum atomic E-state index is 0.699. The molecule has 0 bridgehead atoms. The molecule has 0 aliphatic carbocycles. The number of aromatic nitrogens is 4. The van der Waals surface area contributed by atoms with Crippen molar-refractivity contribution < 1.29 is 4.74 Å². The Morgan fingerprint density at radius 2 is 1.92 bits per heavy atom. The van der Waals surface area contributed by atoms with E-state index in [-0.39, 0.29) is 0 Å². The zero-order valence-electron chi connectivity index (χ0n) is 15.6. The van der Waals surface area contributed by atoms with Gasteiger partial charge in [-0.1, -0.05) is 0 Å². The smallest absolute Gasteiger partial charge is 0.135 e. The van der Waals surface area contributed by atoms with E-state index in [0.717, 1.165) is 69.2 Å². The average Bonchev–Trinajstić information content (AvgIpc) is 3.29. The molecule has 0 amide bonds. The normalized spacial score (nSPS) is 25.5. The molecule has 5 rings (SSSR count). The second-order valence-electron chi connectivity index (χ2n) is 7.93. The third-order valence-corrected chi connectivity index (χ3v) is 6.17. The molecule has 2 saturated heterocycles. The van der Waals surface area contributed by atoms with E-state index in [9.17, 15) is 0 Å². The van der Waals surface area contributed by atoms with Crippen LogP contribution >= 0.6 is 0 Å². The summed E-state index contributed by atoms with van der Waals surface area (Å²) in [4.78, 5) is 13.9. The molecule has 2 atom stereocenters. The van der Waals surface area contributed by atoms with Crippen LogP contribution in [0, 0.1) is 25.7 Å². The predicted octanol–water partition coefficient (Wildman–Crippen LogP) is 1.39. The van der Waals surface area contributed by atoms with E-state index in [1.54, 1.807) is 6.33 Å². The molecule has 0 N–H and O–H groups in total. The van der Waals surface area contributed by atoms with Gasteiger partial charge in [0.2, 0.25) is 0 Å². The maximum atomic E-state index is 5.52. The van der Waals surface area contributed by atoms with Gasteiger partial charge in [0.05, 0.1) is 31.1 Å². The molecule has 2 aromatic rings. The first-order valence-corrected chi connectivity index (χ1v) is 9.56. The largest absolute Gasteiger partial charge is 0.373 e. The highest BCUT2D eigenvalue weighted by atomic mass is 16.5. The fraction of sp³-hybridized carbons (Fsp3) is 0.632. The molecule has 7 nitrogen and oxygen atoms in total. The topological polar surface area (TPSA) is 59.3 Å². The number of hydrogen-bond donors (Lipinski definition) is 0. The van der Waals surface area contributed by atoms with E-state index < -0.39 is 0 Å². The van der Waals surface area contributed by atoms with Crippen LogP contribution in [0.15, 0.2) is 12.4 Å². The number of fused-ring (bicyclic) bond motifs is 2. The number of aryl methyl sites for hydroxylation is 1. The summed E-state index contributed by atoms with van der Waals surface area (Å²) in [5.41, 5.74) is 4.70. The molecule has 3 aliphatic rings. The second kappa shape index (κ2) is 6.32. The summed E-state index contributed by atoms with van der Waals surface area (Å²) >= 11 is 0. The number of rotatable bonds is 3. The van der Waals surface area contributed by atoms with Crippen molar-refractivity contribution in [3.63, 3.8) is 0 Å². The lowest BCUT2D eigenvalue weighted by Crippen LogP contribution is -2.29. The Balaban J connectivity index is 1.23. The van der Waals surface area contributed by atoms with E-state index in [1.165, 1.54) is 17.0 Å². The molecule has 7 heteroatoms. The van der Waals surface area contributed by atoms with Crippen LogP contribution < -0.4 is 4.90 Å². The van der Waals surface area contributed by atoms with Gasteiger partial charge in [0.25, 0.3) is 0 Å². The van der Waals surface area contributed by atoms with E-state index in [1.807, 2.05) is 0 Å². The van der Waals surface area contributed by atoms with Crippen LogP contribution in [0.3, 0.4) is 0 Å². The van der Waals surface area contributed by atoms with Crippen molar-refractivity contribution in [1.82, 2.24) is 24.6 Å². The number of ether oxygens (including phenoxy) is 1. The summed E-state index contributed by atoms with van der Waals surface area (Å²) in [5, 5.41) is 4.76. The lowest BCUT2D eigenvalue weighted by atomic mass is 10.0. The van der Waals surface area contributed by atoms with Crippen molar-refractivity contribution in [2.24, 2.45) is 11.8 Å². The van der Waals surface area contributed by atoms with Crippen molar-refractivity contribution in [2.45, 2.75) is 33.5 Å². The predicted molar refractivity (Wildman–Crippen MR) is 97.9 cm³/mol. The SMILES string of the molecule is Cc1ncnc(N2CC3CN(Cc4cc5n(n4)CCOC5)CC3C2)c1C. The summed E-state index contributed by atoms with van der Waals surface area (Å²) in [6, 6.07) is 2.21. The molecule has 2 aromatic heterocycles. The van der Waals surface area contributed by atoms with Gasteiger partial charge < -0.3 is 9.64 Å². The number of likely N-dealkylation sites (tertiary alicyclic amines) is 1. The van der Waals surface area contributed by atoms with Crippen LogP contribution in [0.2, 0.25) is 0 Å². The van der Waals surface area contributed by atoms with Crippen molar-refractivity contribution in [2.75, 3.05) is 37.7 Å². The van der Waals surface area contributed by atoms with Crippen molar-refractivity contribution >= 4 is 5.82 Å². The van der Waals surface area contributed by atoms with Crippen molar-refractivity contribution in [3.8, 4) is 0 Å². The van der Waals surface area contributed by atoms with Crippen LogP contribution in [-0.2, 0) is 24.4 Å². The molecular formula is C19H26N6O. The molecule has 0 saturated carbocycles. The third-order valence-electron chi connectivity index (χ3n) is 6.17. The molecule has 0 aromatic carbocycles. The average molecular weight is 354 g/mol. The first-order valence-electron chi connectivity index (χ1n) is 9.56. The molecule has 3 aliphatic heterocycles. The highest BCUT2D eigenvalue weighted by molar-refractivity contribution is 5.48. The Kier molecular flexibility index (Phi) is 3.94. The summed E-state index contributed by atoms with van der Waals surface area (Å²) < 4.78 is 7.63. The Hall–Kier alpha value is -1.99. The molecule has 0 spiro atoms. The molecule has 138 valence electrons. The van der Waals surface area contributed by atoms with Gasteiger partial charge in [0.1, 0.15) is 12.1 Å². The maximum Gasteiger partial charge on any atom is 0.135 e. The number of nitrogens with zero attached hydrogens (tertiary/aromatic N) is 6. The van der Waals surface area contributed by atoms with Gasteiger partial charge in [0, 0.05) is 44.0 Å². The Bertz CT molecular complexity index is 781. The van der Waals surface area contributed by atoms with Gasteiger partial charge in [-0.25, -0.2) is 9.97 Å². The molecule has 2 unspecified atom stereocenters. The Morgan fingerprint density at radius 3 is 2.69 bits per heavy atom. The minimum absolute atomic E-state index is 0.699. The number of hydrogen-bond acceptors (Lipinski definition) is 6. The standard InChI is InChI=1S/C19H26N6O/c1-13-14(2)20-12-21-19(13)24-8-15-6-23(7-16(15)9-24)10-17-5-18-11-26-4-3-25(18)22-17/h5,12,15-16H,3-4,6-11H2,1-2H3. The minimum Gasteiger partial charge on any atom is -0.373 e. The Morgan fingerprint density at radius 1 is 1.12 bits per heavy atom. The number of anilines is 1. The zero-order valence-corrected chi connectivity index (χ0v) is 15.6. The van der Waals surface area contributed by atoms with E-state index in [4.69, 9.17) is 9.84 Å². The molecule has 0 radical (unpaired) electrons. The monoisotopic (exact) mass is 354 g/mol. The molecular weight excluding hydrogens is 328 g/mol. The van der Waals surface area contributed by atoms with E-state index in [0.29, 0.717) is 6.61 Å². The third kappa shape index (κ3) is 2.79. The first-order chi connectivity index (χ1) is 12.7. The van der Waals surface area contributed by atoms with Crippen LogP contribution in [-0.4, -0.2) is 57.4 Å². The zero-order chi connectivity index (χ0) is 17.7. The second-order valence-corrected chi connectivity index (χ2v) is 7.93. The molecule has 26 heavy (non-hydrogen) atoms. The van der Waals surface area contributed by atoms with E-state index >= 15 is 0 Å². The fourth-order valence-corrected chi connectivity index (χ4v) is 4.70. The summed E-state index contributed by atoms with van der Waals surface area (Å²) in [7, 11) is 0. The van der Waals surface area contributed by atoms with Gasteiger partial charge in [0.15, 0.2) is 0 Å².